The number of hydrogen-bond acceptors (Lipinski definition) is 7. The van der Waals surface area contributed by atoms with Gasteiger partial charge in [0, 0.05) is 12.4 Å². The Labute approximate surface area is 85.7 Å². The van der Waals surface area contributed by atoms with E-state index >= 15 is 0 Å². The molecule has 1 aromatic rings. The van der Waals surface area contributed by atoms with E-state index in [-0.39, 0.29) is 5.71 Å². The van der Waals surface area contributed by atoms with Gasteiger partial charge in [-0.1, -0.05) is 0 Å². The normalized spacial score (nSPS) is 10.6. The molecule has 1 rings (SSSR count). The highest BCUT2D eigenvalue weighted by Gasteiger charge is 2.07. The van der Waals surface area contributed by atoms with Gasteiger partial charge in [0.1, 0.15) is 0 Å². The van der Waals surface area contributed by atoms with E-state index in [4.69, 9.17) is 5.41 Å². The van der Waals surface area contributed by atoms with E-state index in [1.54, 1.807) is 0 Å². The first-order chi connectivity index (χ1) is 7.27. The first-order valence-electron chi connectivity index (χ1n) is 3.96. The van der Waals surface area contributed by atoms with Crippen molar-refractivity contribution in [3.63, 3.8) is 0 Å². The first kappa shape index (κ1) is 10.8. The van der Waals surface area contributed by atoms with E-state index in [1.807, 2.05) is 0 Å². The third-order valence-corrected chi connectivity index (χ3v) is 1.39. The van der Waals surface area contributed by atoms with Crippen LogP contribution >= 0.6 is 0 Å². The molecule has 0 amide bonds. The van der Waals surface area contributed by atoms with E-state index in [0.29, 0.717) is 5.82 Å². The highest BCUT2D eigenvalue weighted by atomic mass is 16.5. The number of nitrogens with one attached hydrogen (secondary N) is 2. The van der Waals surface area contributed by atoms with Crippen molar-refractivity contribution in [2.45, 2.75) is 0 Å². The molecule has 0 atom stereocenters. The predicted octanol–water partition coefficient (Wildman–Crippen LogP) is 0.0671. The summed E-state index contributed by atoms with van der Waals surface area (Å²) in [5.74, 6) is -0.317. The molecule has 0 fully saturated rings. The quantitative estimate of drug-likeness (QED) is 0.413. The molecule has 1 aromatic heterocycles. The molecule has 0 saturated carbocycles. The maximum Gasteiger partial charge on any atom is 0.360 e. The second-order valence-electron chi connectivity index (χ2n) is 2.34. The van der Waals surface area contributed by atoms with Gasteiger partial charge >= 0.3 is 5.97 Å². The summed E-state index contributed by atoms with van der Waals surface area (Å²) in [6.45, 7) is 0. The molecular formula is C8H9N5O2. The van der Waals surface area contributed by atoms with Gasteiger partial charge < -0.3 is 10.1 Å². The van der Waals surface area contributed by atoms with Crippen molar-refractivity contribution in [1.82, 2.24) is 9.97 Å². The maximum atomic E-state index is 11.0. The number of hydrogen-bond donors (Lipinski definition) is 2. The largest absolute Gasteiger partial charge is 0.464 e. The summed E-state index contributed by atoms with van der Waals surface area (Å²) >= 11 is 0. The van der Waals surface area contributed by atoms with Crippen LogP contribution < -0.4 is 5.43 Å². The topological polar surface area (TPSA) is 100 Å². The third kappa shape index (κ3) is 3.14. The van der Waals surface area contributed by atoms with Gasteiger partial charge in [0.15, 0.2) is 11.5 Å². The van der Waals surface area contributed by atoms with Crippen molar-refractivity contribution in [2.24, 2.45) is 5.10 Å². The van der Waals surface area contributed by atoms with Crippen molar-refractivity contribution in [3.8, 4) is 0 Å². The Morgan fingerprint density at radius 2 is 2.47 bits per heavy atom. The van der Waals surface area contributed by atoms with Crippen LogP contribution in [0.3, 0.4) is 0 Å². The van der Waals surface area contributed by atoms with Crippen molar-refractivity contribution >= 4 is 23.7 Å². The second kappa shape index (κ2) is 5.43. The van der Waals surface area contributed by atoms with Gasteiger partial charge in [-0.25, -0.2) is 9.78 Å². The van der Waals surface area contributed by atoms with Crippen LogP contribution in [0.4, 0.5) is 5.82 Å². The van der Waals surface area contributed by atoms with Gasteiger partial charge in [-0.2, -0.15) is 5.10 Å². The SMILES string of the molecule is COC(=O)/C(C=N)=N/Nc1cnccn1. The standard InChI is InChI=1S/C8H9N5O2/c1-15-8(14)6(4-9)12-13-7-5-10-2-3-11-7/h2-5,9H,1H3,(H,11,13)/b9-4?,12-6+. The average molecular weight is 207 g/mol. The van der Waals surface area contributed by atoms with Gasteiger partial charge in [0.05, 0.1) is 19.5 Å². The highest BCUT2D eigenvalue weighted by Crippen LogP contribution is 1.96. The number of methoxy groups -OCH3 is 1. The molecule has 0 spiro atoms. The number of hydrazone groups is 1. The Kier molecular flexibility index (Phi) is 3.90. The van der Waals surface area contributed by atoms with Crippen LogP contribution in [-0.2, 0) is 9.53 Å². The smallest absolute Gasteiger partial charge is 0.360 e. The number of aromatic nitrogens is 2. The minimum Gasteiger partial charge on any atom is -0.464 e. The lowest BCUT2D eigenvalue weighted by molar-refractivity contribution is -0.132. The van der Waals surface area contributed by atoms with Crippen LogP contribution in [0, 0.1) is 5.41 Å². The molecule has 0 unspecified atom stereocenters. The van der Waals surface area contributed by atoms with Crippen LogP contribution in [0.15, 0.2) is 23.7 Å². The van der Waals surface area contributed by atoms with Crippen molar-refractivity contribution in [3.05, 3.63) is 18.6 Å². The Bertz CT molecular complexity index is 376. The van der Waals surface area contributed by atoms with Gasteiger partial charge in [-0.05, 0) is 0 Å². The Balaban J connectivity index is 2.71. The molecule has 7 heteroatoms. The number of anilines is 1. The number of nitrogens with zero attached hydrogens (tertiary/aromatic N) is 3. The first-order valence-corrected chi connectivity index (χ1v) is 3.96. The lowest BCUT2D eigenvalue weighted by Crippen LogP contribution is -2.18. The molecule has 1 heterocycles. The molecule has 15 heavy (non-hydrogen) atoms. The predicted molar refractivity (Wildman–Crippen MR) is 53.9 cm³/mol. The number of rotatable bonds is 4. The Hall–Kier alpha value is -2.31. The molecule has 0 aliphatic carbocycles. The number of carbonyl (C=O) groups excluding carboxylic acids is 1. The minimum absolute atomic E-state index is 0.150. The van der Waals surface area contributed by atoms with Crippen LogP contribution in [0.2, 0.25) is 0 Å². The molecule has 0 radical (unpaired) electrons. The number of ether oxygens (including phenoxy) is 1. The van der Waals surface area contributed by atoms with Crippen molar-refractivity contribution in [2.75, 3.05) is 12.5 Å². The zero-order chi connectivity index (χ0) is 11.1. The molecule has 0 aliphatic rings. The molecule has 0 bridgehead atoms. The third-order valence-electron chi connectivity index (χ3n) is 1.39. The summed E-state index contributed by atoms with van der Waals surface area (Å²) in [6, 6.07) is 0. The molecule has 0 saturated heterocycles. The summed E-state index contributed by atoms with van der Waals surface area (Å²) in [5.41, 5.74) is 2.32. The van der Waals surface area contributed by atoms with E-state index in [0.717, 1.165) is 6.21 Å². The van der Waals surface area contributed by atoms with E-state index in [1.165, 1.54) is 25.7 Å². The van der Waals surface area contributed by atoms with E-state index in [2.05, 4.69) is 25.2 Å². The van der Waals surface area contributed by atoms with Gasteiger partial charge in [0.25, 0.3) is 0 Å². The lowest BCUT2D eigenvalue weighted by Gasteiger charge is -1.99. The summed E-state index contributed by atoms with van der Waals surface area (Å²) < 4.78 is 4.39. The van der Waals surface area contributed by atoms with Crippen LogP contribution in [0.1, 0.15) is 0 Å². The lowest BCUT2D eigenvalue weighted by atomic mass is 10.4. The summed E-state index contributed by atoms with van der Waals surface area (Å²) in [4.78, 5) is 18.6. The fourth-order valence-electron chi connectivity index (χ4n) is 0.716. The van der Waals surface area contributed by atoms with E-state index in [9.17, 15) is 4.79 Å². The van der Waals surface area contributed by atoms with Crippen molar-refractivity contribution < 1.29 is 9.53 Å². The zero-order valence-corrected chi connectivity index (χ0v) is 7.97. The van der Waals surface area contributed by atoms with Crippen molar-refractivity contribution in [1.29, 1.82) is 5.41 Å². The number of carbonyl (C=O) groups is 1. The monoisotopic (exact) mass is 207 g/mol. The van der Waals surface area contributed by atoms with Crippen LogP contribution in [0.25, 0.3) is 0 Å². The molecule has 0 aliphatic heterocycles. The molecule has 0 aromatic carbocycles. The summed E-state index contributed by atoms with van der Waals surface area (Å²) in [7, 11) is 1.21. The zero-order valence-electron chi connectivity index (χ0n) is 7.97. The minimum atomic E-state index is -0.693. The molecular weight excluding hydrogens is 198 g/mol. The van der Waals surface area contributed by atoms with Gasteiger partial charge in [-0.15, -0.1) is 0 Å². The second-order valence-corrected chi connectivity index (χ2v) is 2.34. The van der Waals surface area contributed by atoms with E-state index < -0.39 is 5.97 Å². The van der Waals surface area contributed by atoms with Gasteiger partial charge in [-0.3, -0.25) is 10.4 Å². The highest BCUT2D eigenvalue weighted by molar-refractivity contribution is 6.58. The Morgan fingerprint density at radius 1 is 1.67 bits per heavy atom. The molecule has 7 nitrogen and oxygen atoms in total. The molecule has 78 valence electrons. The Morgan fingerprint density at radius 3 is 3.00 bits per heavy atom. The van der Waals surface area contributed by atoms with Crippen LogP contribution in [-0.4, -0.2) is 35.0 Å². The van der Waals surface area contributed by atoms with Crippen LogP contribution in [0.5, 0.6) is 0 Å². The molecule has 2 N–H and O–H groups in total. The maximum absolute atomic E-state index is 11.0. The summed E-state index contributed by atoms with van der Waals surface area (Å²) in [5, 5.41) is 10.6. The summed E-state index contributed by atoms with van der Waals surface area (Å²) in [6.07, 6.45) is 5.20. The average Bonchev–Trinajstić information content (AvgIpc) is 2.31. The fourth-order valence-corrected chi connectivity index (χ4v) is 0.716. The number of esters is 1. The fraction of sp³-hybridized carbons (Fsp3) is 0.125. The van der Waals surface area contributed by atoms with Gasteiger partial charge in [0.2, 0.25) is 0 Å².